The maximum absolute atomic E-state index is 12.2. The lowest BCUT2D eigenvalue weighted by atomic mass is 9.96. The highest BCUT2D eigenvalue weighted by atomic mass is 16.4. The molecular weight excluding hydrogens is 324 g/mol. The minimum absolute atomic E-state index is 0.153. The molecule has 0 bridgehead atoms. The number of hydrogen-bond acceptors (Lipinski definition) is 5. The standard InChI is InChI=1S/C17H28N4O4/c1-12(2)11-14(22)15-19-21(17(24)25-15)10-9-20(3)16(23)18-13-7-5-4-6-8-13/h12-13H,4-11H2,1-3H3,(H,18,23). The number of Topliss-reactive ketones (excluding diaryl/α,β-unsaturated/α-hetero) is 1. The molecule has 8 nitrogen and oxygen atoms in total. The lowest BCUT2D eigenvalue weighted by Gasteiger charge is -2.26. The molecule has 1 heterocycles. The molecule has 2 rings (SSSR count). The molecule has 8 heteroatoms. The van der Waals surface area contributed by atoms with Crippen LogP contribution >= 0.6 is 0 Å². The van der Waals surface area contributed by atoms with E-state index in [1.54, 1.807) is 7.05 Å². The van der Waals surface area contributed by atoms with E-state index in [4.69, 9.17) is 4.42 Å². The molecule has 1 N–H and O–H groups in total. The minimum Gasteiger partial charge on any atom is -0.384 e. The van der Waals surface area contributed by atoms with Crippen LogP contribution in [0.1, 0.15) is 63.1 Å². The van der Waals surface area contributed by atoms with Gasteiger partial charge in [0.05, 0.1) is 6.54 Å². The van der Waals surface area contributed by atoms with Crippen molar-refractivity contribution in [3.05, 3.63) is 16.4 Å². The third-order valence-electron chi connectivity index (χ3n) is 4.37. The van der Waals surface area contributed by atoms with Gasteiger partial charge in [-0.05, 0) is 18.8 Å². The number of aromatic nitrogens is 2. The fraction of sp³-hybridized carbons (Fsp3) is 0.765. The number of carbonyl (C=O) groups is 2. The molecular formula is C17H28N4O4. The molecule has 0 atom stereocenters. The molecule has 1 saturated carbocycles. The van der Waals surface area contributed by atoms with Crippen molar-refractivity contribution in [1.29, 1.82) is 0 Å². The van der Waals surface area contributed by atoms with Crippen molar-refractivity contribution in [3.8, 4) is 0 Å². The Bertz CT molecular complexity index is 643. The molecule has 1 aromatic heterocycles. The molecule has 2 amide bonds. The molecule has 0 radical (unpaired) electrons. The second-order valence-corrected chi connectivity index (χ2v) is 7.12. The van der Waals surface area contributed by atoms with E-state index < -0.39 is 5.76 Å². The van der Waals surface area contributed by atoms with Gasteiger partial charge in [-0.25, -0.2) is 9.59 Å². The summed E-state index contributed by atoms with van der Waals surface area (Å²) in [5.41, 5.74) is 0. The molecule has 1 aliphatic carbocycles. The summed E-state index contributed by atoms with van der Waals surface area (Å²) in [5.74, 6) is -0.951. The normalized spacial score (nSPS) is 15.4. The van der Waals surface area contributed by atoms with Crippen molar-refractivity contribution in [2.75, 3.05) is 13.6 Å². The van der Waals surface area contributed by atoms with Gasteiger partial charge in [-0.15, -0.1) is 5.10 Å². The first-order valence-electron chi connectivity index (χ1n) is 8.99. The predicted molar refractivity (Wildman–Crippen MR) is 92.6 cm³/mol. The van der Waals surface area contributed by atoms with E-state index in [9.17, 15) is 14.4 Å². The van der Waals surface area contributed by atoms with Gasteiger partial charge >= 0.3 is 11.8 Å². The van der Waals surface area contributed by atoms with Crippen molar-refractivity contribution in [3.63, 3.8) is 0 Å². The van der Waals surface area contributed by atoms with Crippen LogP contribution in [0.2, 0.25) is 0 Å². The first-order valence-corrected chi connectivity index (χ1v) is 8.99. The van der Waals surface area contributed by atoms with Gasteiger partial charge in [-0.2, -0.15) is 4.68 Å². The minimum atomic E-state index is -0.673. The van der Waals surface area contributed by atoms with Crippen molar-refractivity contribution in [2.45, 2.75) is 65.0 Å². The highest BCUT2D eigenvalue weighted by molar-refractivity contribution is 5.91. The van der Waals surface area contributed by atoms with Gasteiger partial charge in [0.25, 0.3) is 5.89 Å². The third kappa shape index (κ3) is 5.72. The van der Waals surface area contributed by atoms with E-state index in [0.717, 1.165) is 30.4 Å². The zero-order chi connectivity index (χ0) is 18.4. The second kappa shape index (κ2) is 8.82. The zero-order valence-electron chi connectivity index (χ0n) is 15.3. The van der Waals surface area contributed by atoms with Gasteiger partial charge in [0, 0.05) is 26.1 Å². The molecule has 1 aliphatic rings. The summed E-state index contributed by atoms with van der Waals surface area (Å²) in [7, 11) is 1.67. The van der Waals surface area contributed by atoms with Gasteiger partial charge < -0.3 is 14.6 Å². The quantitative estimate of drug-likeness (QED) is 0.757. The Morgan fingerprint density at radius 3 is 2.64 bits per heavy atom. The topological polar surface area (TPSA) is 97.4 Å². The van der Waals surface area contributed by atoms with Crippen LogP contribution in [0.25, 0.3) is 0 Å². The van der Waals surface area contributed by atoms with Crippen LogP contribution in [0.3, 0.4) is 0 Å². The molecule has 1 aromatic rings. The molecule has 0 spiro atoms. The summed E-state index contributed by atoms with van der Waals surface area (Å²) in [6.07, 6.45) is 5.85. The Balaban J connectivity index is 1.85. The van der Waals surface area contributed by atoms with Crippen LogP contribution in [0.15, 0.2) is 9.21 Å². The van der Waals surface area contributed by atoms with Gasteiger partial charge in [0.1, 0.15) is 0 Å². The summed E-state index contributed by atoms with van der Waals surface area (Å²) >= 11 is 0. The number of nitrogens with zero attached hydrogens (tertiary/aromatic N) is 3. The van der Waals surface area contributed by atoms with Crippen LogP contribution in [-0.4, -0.2) is 46.1 Å². The second-order valence-electron chi connectivity index (χ2n) is 7.12. The number of nitrogens with one attached hydrogen (secondary N) is 1. The van der Waals surface area contributed by atoms with E-state index in [2.05, 4.69) is 10.4 Å². The number of rotatable bonds is 7. The summed E-state index contributed by atoms with van der Waals surface area (Å²) < 4.78 is 6.01. The monoisotopic (exact) mass is 352 g/mol. The maximum atomic E-state index is 12.2. The Kier molecular flexibility index (Phi) is 6.78. The third-order valence-corrected chi connectivity index (χ3v) is 4.37. The number of carbonyl (C=O) groups excluding carboxylic acids is 2. The fourth-order valence-corrected chi connectivity index (χ4v) is 2.90. The number of urea groups is 1. The van der Waals surface area contributed by atoms with Crippen LogP contribution in [-0.2, 0) is 6.54 Å². The molecule has 25 heavy (non-hydrogen) atoms. The summed E-state index contributed by atoms with van der Waals surface area (Å²) in [5, 5.41) is 6.96. The average Bonchev–Trinajstić information content (AvgIpc) is 2.94. The van der Waals surface area contributed by atoms with E-state index in [-0.39, 0.29) is 42.6 Å². The smallest absolute Gasteiger partial charge is 0.384 e. The zero-order valence-corrected chi connectivity index (χ0v) is 15.3. The van der Waals surface area contributed by atoms with E-state index in [0.29, 0.717) is 6.54 Å². The number of amides is 2. The van der Waals surface area contributed by atoms with E-state index in [1.807, 2.05) is 13.8 Å². The van der Waals surface area contributed by atoms with Gasteiger partial charge in [-0.3, -0.25) is 4.79 Å². The van der Waals surface area contributed by atoms with Crippen molar-refractivity contribution in [2.24, 2.45) is 5.92 Å². The molecule has 0 aliphatic heterocycles. The SMILES string of the molecule is CC(C)CC(=O)c1nn(CCN(C)C(=O)NC2CCCCC2)c(=O)o1. The Morgan fingerprint density at radius 2 is 2.00 bits per heavy atom. The van der Waals surface area contributed by atoms with Crippen molar-refractivity contribution >= 4 is 11.8 Å². The molecule has 0 aromatic carbocycles. The van der Waals surface area contributed by atoms with Crippen LogP contribution < -0.4 is 11.1 Å². The largest absolute Gasteiger partial charge is 0.437 e. The number of hydrogen-bond donors (Lipinski definition) is 1. The summed E-state index contributed by atoms with van der Waals surface area (Å²) in [6.45, 7) is 4.31. The summed E-state index contributed by atoms with van der Waals surface area (Å²) in [4.78, 5) is 37.4. The lowest BCUT2D eigenvalue weighted by Crippen LogP contribution is -2.45. The fourth-order valence-electron chi connectivity index (χ4n) is 2.90. The molecule has 1 fully saturated rings. The maximum Gasteiger partial charge on any atom is 0.437 e. The van der Waals surface area contributed by atoms with Gasteiger partial charge in [0.2, 0.25) is 5.78 Å². The van der Waals surface area contributed by atoms with Crippen LogP contribution in [0, 0.1) is 5.92 Å². The number of likely N-dealkylation sites (N-methyl/N-ethyl adjacent to an activating group) is 1. The van der Waals surface area contributed by atoms with E-state index >= 15 is 0 Å². The van der Waals surface area contributed by atoms with Crippen LogP contribution in [0.5, 0.6) is 0 Å². The average molecular weight is 352 g/mol. The van der Waals surface area contributed by atoms with Crippen molar-refractivity contribution in [1.82, 2.24) is 20.0 Å². The predicted octanol–water partition coefficient (Wildman–Crippen LogP) is 2.04. The van der Waals surface area contributed by atoms with E-state index in [1.165, 1.54) is 11.3 Å². The summed E-state index contributed by atoms with van der Waals surface area (Å²) in [6, 6.07) is 0.0817. The van der Waals surface area contributed by atoms with Crippen molar-refractivity contribution < 1.29 is 14.0 Å². The highest BCUT2D eigenvalue weighted by Crippen LogP contribution is 2.17. The van der Waals surface area contributed by atoms with Gasteiger partial charge in [0.15, 0.2) is 0 Å². The Morgan fingerprint density at radius 1 is 1.32 bits per heavy atom. The first-order chi connectivity index (χ1) is 11.9. The Hall–Kier alpha value is -2.12. The van der Waals surface area contributed by atoms with Gasteiger partial charge in [-0.1, -0.05) is 33.1 Å². The Labute approximate surface area is 147 Å². The molecule has 140 valence electrons. The highest BCUT2D eigenvalue weighted by Gasteiger charge is 2.20. The van der Waals surface area contributed by atoms with Crippen LogP contribution in [0.4, 0.5) is 4.79 Å². The first kappa shape index (κ1) is 19.2. The molecule has 0 unspecified atom stereocenters. The molecule has 0 saturated heterocycles. The number of ketones is 1. The lowest BCUT2D eigenvalue weighted by molar-refractivity contribution is 0.0931.